The van der Waals surface area contributed by atoms with Gasteiger partial charge in [0.25, 0.3) is 0 Å². The second-order valence-electron chi connectivity index (χ2n) is 8.52. The van der Waals surface area contributed by atoms with Crippen LogP contribution in [0.3, 0.4) is 0 Å². The lowest BCUT2D eigenvalue weighted by molar-refractivity contribution is -0.138. The maximum absolute atomic E-state index is 13.1. The Bertz CT molecular complexity index is 1390. The molecule has 35 heavy (non-hydrogen) atoms. The number of carboxylic acids is 1. The van der Waals surface area contributed by atoms with Gasteiger partial charge in [-0.3, -0.25) is 15.0 Å². The molecule has 0 unspecified atom stereocenters. The molecule has 8 heteroatoms. The van der Waals surface area contributed by atoms with Gasteiger partial charge in [-0.05, 0) is 74.2 Å². The molecule has 0 saturated heterocycles. The first kappa shape index (κ1) is 23.7. The average Bonchev–Trinajstić information content (AvgIpc) is 3.12. The van der Waals surface area contributed by atoms with Crippen molar-refractivity contribution in [3.63, 3.8) is 0 Å². The predicted molar refractivity (Wildman–Crippen MR) is 137 cm³/mol. The molecule has 3 aromatic carbocycles. The molecule has 0 fully saturated rings. The largest absolute Gasteiger partial charge is 0.507 e. The Morgan fingerprint density at radius 2 is 1.77 bits per heavy atom. The van der Waals surface area contributed by atoms with Crippen LogP contribution in [-0.4, -0.2) is 33.5 Å². The van der Waals surface area contributed by atoms with E-state index in [1.807, 2.05) is 32.0 Å². The summed E-state index contributed by atoms with van der Waals surface area (Å²) >= 11 is 0. The second-order valence-corrected chi connectivity index (χ2v) is 8.52. The van der Waals surface area contributed by atoms with Crippen molar-refractivity contribution in [2.45, 2.75) is 33.6 Å². The Hall–Kier alpha value is -4.46. The third-order valence-electron chi connectivity index (χ3n) is 6.12. The van der Waals surface area contributed by atoms with Gasteiger partial charge in [0.1, 0.15) is 5.75 Å². The van der Waals surface area contributed by atoms with E-state index < -0.39 is 11.9 Å². The summed E-state index contributed by atoms with van der Waals surface area (Å²) < 4.78 is 0. The van der Waals surface area contributed by atoms with Crippen molar-refractivity contribution < 1.29 is 19.8 Å². The van der Waals surface area contributed by atoms with Crippen LogP contribution in [-0.2, 0) is 9.59 Å². The first-order valence-corrected chi connectivity index (χ1v) is 11.1. The predicted octanol–water partition coefficient (Wildman–Crippen LogP) is 5.05. The zero-order valence-electron chi connectivity index (χ0n) is 19.9. The number of hydrogen-bond acceptors (Lipinski definition) is 6. The molecule has 0 radical (unpaired) electrons. The third kappa shape index (κ3) is 4.63. The highest BCUT2D eigenvalue weighted by Gasteiger charge is 2.31. The van der Waals surface area contributed by atoms with E-state index in [-0.39, 0.29) is 17.4 Å². The number of hydrogen-bond donors (Lipinski definition) is 3. The number of carboxylic acid groups (broad SMARTS) is 1. The van der Waals surface area contributed by atoms with E-state index in [1.54, 1.807) is 56.3 Å². The molecule has 0 aliphatic carbocycles. The number of nitrogens with zero attached hydrogens (tertiary/aromatic N) is 3. The van der Waals surface area contributed by atoms with Gasteiger partial charge >= 0.3 is 11.9 Å². The van der Waals surface area contributed by atoms with Crippen LogP contribution < -0.4 is 10.4 Å². The molecule has 1 aliphatic rings. The van der Waals surface area contributed by atoms with Gasteiger partial charge in [-0.1, -0.05) is 36.4 Å². The number of aromatic hydroxyl groups is 1. The maximum atomic E-state index is 13.1. The molecule has 0 aromatic heterocycles. The van der Waals surface area contributed by atoms with Crippen LogP contribution in [0.1, 0.15) is 36.5 Å². The summed E-state index contributed by atoms with van der Waals surface area (Å²) in [6, 6.07) is 17.7. The number of carbonyl (C=O) groups is 2. The van der Waals surface area contributed by atoms with Gasteiger partial charge in [-0.2, -0.15) is 15.2 Å². The molecule has 0 bridgehead atoms. The molecule has 0 spiro atoms. The number of phenols is 1. The minimum Gasteiger partial charge on any atom is -0.507 e. The summed E-state index contributed by atoms with van der Waals surface area (Å²) in [5.74, 6) is -2.10. The fourth-order valence-corrected chi connectivity index (χ4v) is 3.82. The molecule has 1 heterocycles. The average molecular weight is 471 g/mol. The van der Waals surface area contributed by atoms with Crippen molar-refractivity contribution in [2.24, 2.45) is 10.2 Å². The molecule has 4 rings (SSSR count). The summed E-state index contributed by atoms with van der Waals surface area (Å²) in [4.78, 5) is 24.8. The van der Waals surface area contributed by atoms with Crippen molar-refractivity contribution in [1.82, 2.24) is 0 Å². The van der Waals surface area contributed by atoms with E-state index in [0.717, 1.165) is 11.1 Å². The molecule has 1 amide bonds. The number of rotatable bonds is 6. The van der Waals surface area contributed by atoms with Gasteiger partial charge in [0.15, 0.2) is 5.71 Å². The molecule has 0 saturated carbocycles. The van der Waals surface area contributed by atoms with E-state index in [2.05, 4.69) is 15.6 Å². The standard InChI is InChI=1S/C27H26N4O4/c1-15-9-11-20(13-16(15)2)31-26(33)25(18(4)30-31)29-28-23-14-19(22-7-5-6-8-24(22)32)10-12-21(23)17(3)27(34)35/h5-14,17,28,32H,1-4H3,(H,34,35)/t17-/m0/s1. The number of aryl methyl sites for hydroxylation is 2. The number of nitrogens with one attached hydrogen (secondary N) is 1. The lowest BCUT2D eigenvalue weighted by atomic mass is 9.95. The van der Waals surface area contributed by atoms with Gasteiger partial charge < -0.3 is 10.2 Å². The normalized spacial score (nSPS) is 15.3. The number of carbonyl (C=O) groups excluding carboxylic acids is 1. The van der Waals surface area contributed by atoms with Crippen molar-refractivity contribution in [2.75, 3.05) is 10.4 Å². The Labute approximate surface area is 203 Å². The van der Waals surface area contributed by atoms with Crippen LogP contribution in [0.5, 0.6) is 5.75 Å². The third-order valence-corrected chi connectivity index (χ3v) is 6.12. The Kier molecular flexibility index (Phi) is 6.38. The highest BCUT2D eigenvalue weighted by Crippen LogP contribution is 2.34. The molecule has 178 valence electrons. The summed E-state index contributed by atoms with van der Waals surface area (Å²) in [7, 11) is 0. The fourth-order valence-electron chi connectivity index (χ4n) is 3.82. The molecular weight excluding hydrogens is 444 g/mol. The van der Waals surface area contributed by atoms with E-state index in [1.165, 1.54) is 5.01 Å². The van der Waals surface area contributed by atoms with Gasteiger partial charge in [0.2, 0.25) is 0 Å². The second kappa shape index (κ2) is 9.42. The van der Waals surface area contributed by atoms with Gasteiger partial charge in [-0.15, -0.1) is 0 Å². The van der Waals surface area contributed by atoms with Gasteiger partial charge in [0.05, 0.1) is 23.0 Å². The number of benzene rings is 3. The van der Waals surface area contributed by atoms with Crippen LogP contribution >= 0.6 is 0 Å². The van der Waals surface area contributed by atoms with Crippen molar-refractivity contribution in [3.05, 3.63) is 77.4 Å². The Morgan fingerprint density at radius 3 is 2.46 bits per heavy atom. The van der Waals surface area contributed by atoms with Crippen LogP contribution in [0.2, 0.25) is 0 Å². The zero-order valence-corrected chi connectivity index (χ0v) is 19.9. The van der Waals surface area contributed by atoms with Crippen LogP contribution in [0, 0.1) is 13.8 Å². The summed E-state index contributed by atoms with van der Waals surface area (Å²) in [5, 5.41) is 29.8. The molecular formula is C27H26N4O4. The van der Waals surface area contributed by atoms with Crippen LogP contribution in [0.4, 0.5) is 11.4 Å². The summed E-state index contributed by atoms with van der Waals surface area (Å²) in [6.07, 6.45) is 0. The summed E-state index contributed by atoms with van der Waals surface area (Å²) in [6.45, 7) is 7.23. The van der Waals surface area contributed by atoms with E-state index in [4.69, 9.17) is 0 Å². The number of para-hydroxylation sites is 1. The molecule has 3 N–H and O–H groups in total. The minimum absolute atomic E-state index is 0.0989. The SMILES string of the molecule is CC1=NN(c2ccc(C)c(C)c2)C(=O)C1=NNc1cc(-c2ccccc2O)ccc1[C@H](C)C(=O)O. The molecule has 3 aromatic rings. The van der Waals surface area contributed by atoms with Crippen molar-refractivity contribution >= 4 is 34.7 Å². The number of hydrazone groups is 2. The lowest BCUT2D eigenvalue weighted by Gasteiger charge is -2.16. The summed E-state index contributed by atoms with van der Waals surface area (Å²) in [5.41, 5.74) is 8.42. The molecule has 1 atom stereocenters. The molecule has 8 nitrogen and oxygen atoms in total. The highest BCUT2D eigenvalue weighted by molar-refractivity contribution is 6.71. The van der Waals surface area contributed by atoms with Crippen molar-refractivity contribution in [3.8, 4) is 16.9 Å². The monoisotopic (exact) mass is 470 g/mol. The number of amides is 1. The van der Waals surface area contributed by atoms with Gasteiger partial charge in [0, 0.05) is 5.56 Å². The highest BCUT2D eigenvalue weighted by atomic mass is 16.4. The smallest absolute Gasteiger partial charge is 0.310 e. The van der Waals surface area contributed by atoms with E-state index in [9.17, 15) is 19.8 Å². The lowest BCUT2D eigenvalue weighted by Crippen LogP contribution is -2.28. The quantitative estimate of drug-likeness (QED) is 0.436. The first-order chi connectivity index (χ1) is 16.7. The first-order valence-electron chi connectivity index (χ1n) is 11.1. The minimum atomic E-state index is -0.994. The Morgan fingerprint density at radius 1 is 1.03 bits per heavy atom. The van der Waals surface area contributed by atoms with Crippen LogP contribution in [0.25, 0.3) is 11.1 Å². The van der Waals surface area contributed by atoms with Crippen LogP contribution in [0.15, 0.2) is 70.9 Å². The number of phenolic OH excluding ortho intramolecular Hbond substituents is 1. The van der Waals surface area contributed by atoms with Gasteiger partial charge in [-0.25, -0.2) is 0 Å². The topological polar surface area (TPSA) is 115 Å². The van der Waals surface area contributed by atoms with E-state index in [0.29, 0.717) is 33.8 Å². The number of anilines is 2. The van der Waals surface area contributed by atoms with Crippen molar-refractivity contribution in [1.29, 1.82) is 0 Å². The fraction of sp³-hybridized carbons (Fsp3) is 0.185. The number of aliphatic carboxylic acids is 1. The van der Waals surface area contributed by atoms with E-state index >= 15 is 0 Å². The maximum Gasteiger partial charge on any atom is 0.310 e. The zero-order chi connectivity index (χ0) is 25.3. The Balaban J connectivity index is 1.70. The molecule has 1 aliphatic heterocycles.